The summed E-state index contributed by atoms with van der Waals surface area (Å²) in [6.07, 6.45) is 0.898. The summed E-state index contributed by atoms with van der Waals surface area (Å²) in [5, 5.41) is 20.5. The van der Waals surface area contributed by atoms with E-state index in [1.807, 2.05) is 6.07 Å². The third-order valence-corrected chi connectivity index (χ3v) is 3.88. The van der Waals surface area contributed by atoms with E-state index < -0.39 is 18.0 Å². The Morgan fingerprint density at radius 2 is 2.13 bits per heavy atom. The van der Waals surface area contributed by atoms with Gasteiger partial charge in [0, 0.05) is 18.0 Å². The van der Waals surface area contributed by atoms with Crippen LogP contribution in [0.4, 0.5) is 0 Å². The van der Waals surface area contributed by atoms with Crippen LogP contribution >= 0.6 is 11.6 Å². The first-order valence-electron chi connectivity index (χ1n) is 7.50. The molecular weight excluding hydrogens is 320 g/mol. The summed E-state index contributed by atoms with van der Waals surface area (Å²) in [6, 6.07) is 5.19. The number of hydrogen-bond acceptors (Lipinski definition) is 4. The fourth-order valence-electron chi connectivity index (χ4n) is 2.31. The van der Waals surface area contributed by atoms with Gasteiger partial charge in [0.25, 0.3) is 0 Å². The summed E-state index contributed by atoms with van der Waals surface area (Å²) in [6.45, 7) is 4.39. The first kappa shape index (κ1) is 19.4. The molecule has 2 atom stereocenters. The Bertz CT molecular complexity index is 551. The van der Waals surface area contributed by atoms with Crippen molar-refractivity contribution in [3.63, 3.8) is 0 Å². The summed E-state index contributed by atoms with van der Waals surface area (Å²) in [5.74, 6) is -1.62. The Morgan fingerprint density at radius 1 is 1.43 bits per heavy atom. The van der Waals surface area contributed by atoms with Crippen molar-refractivity contribution in [3.05, 3.63) is 34.3 Å². The maximum absolute atomic E-state index is 9.99. The van der Waals surface area contributed by atoms with Crippen LogP contribution in [0.2, 0.25) is 5.02 Å². The Balaban J connectivity index is 0.000000241. The standard InChI is InChI=1S/C11H14ClN.C5H9NO4/c1-8-7-13-5-4-9-2-3-10(12)6-11(8)9;6-3(5(9)10)1-2-4(7)8/h2-3,6,8,13H,4-5,7H2,1H3;3H,1-2,6H2,(H,7,8)(H,9,10)/t8-;3-/m10/s1. The summed E-state index contributed by atoms with van der Waals surface area (Å²) in [7, 11) is 0. The van der Waals surface area contributed by atoms with Crippen LogP contribution in [0.3, 0.4) is 0 Å². The molecule has 0 saturated carbocycles. The molecule has 0 aliphatic carbocycles. The van der Waals surface area contributed by atoms with Crippen LogP contribution in [0.1, 0.15) is 36.8 Å². The van der Waals surface area contributed by atoms with E-state index in [2.05, 4.69) is 24.4 Å². The number of carboxylic acids is 2. The van der Waals surface area contributed by atoms with Crippen molar-refractivity contribution in [2.45, 2.75) is 38.1 Å². The molecule has 7 heteroatoms. The lowest BCUT2D eigenvalue weighted by atomic mass is 9.96. The van der Waals surface area contributed by atoms with E-state index in [1.54, 1.807) is 0 Å². The van der Waals surface area contributed by atoms with Crippen LogP contribution in [0.15, 0.2) is 18.2 Å². The van der Waals surface area contributed by atoms with Gasteiger partial charge in [0.15, 0.2) is 0 Å². The van der Waals surface area contributed by atoms with Crippen LogP contribution in [0, 0.1) is 0 Å². The highest BCUT2D eigenvalue weighted by atomic mass is 35.5. The number of fused-ring (bicyclic) bond motifs is 1. The van der Waals surface area contributed by atoms with E-state index in [0.717, 1.165) is 24.5 Å². The van der Waals surface area contributed by atoms with Gasteiger partial charge in [-0.05, 0) is 48.6 Å². The second-order valence-corrected chi connectivity index (χ2v) is 6.01. The highest BCUT2D eigenvalue weighted by Crippen LogP contribution is 2.25. The second kappa shape index (κ2) is 9.50. The molecule has 128 valence electrons. The van der Waals surface area contributed by atoms with E-state index in [-0.39, 0.29) is 12.8 Å². The topological polar surface area (TPSA) is 113 Å². The second-order valence-electron chi connectivity index (χ2n) is 5.58. The number of carboxylic acid groups (broad SMARTS) is 2. The monoisotopic (exact) mass is 342 g/mol. The number of aliphatic carboxylic acids is 2. The molecule has 5 N–H and O–H groups in total. The number of benzene rings is 1. The molecule has 0 amide bonds. The zero-order valence-electron chi connectivity index (χ0n) is 13.1. The Kier molecular flexibility index (Phi) is 8.02. The molecule has 6 nitrogen and oxygen atoms in total. The molecule has 0 radical (unpaired) electrons. The molecule has 0 fully saturated rings. The van der Waals surface area contributed by atoms with Crippen molar-refractivity contribution in [2.75, 3.05) is 13.1 Å². The molecule has 1 heterocycles. The van der Waals surface area contributed by atoms with Gasteiger partial charge in [0.05, 0.1) is 0 Å². The predicted molar refractivity (Wildman–Crippen MR) is 88.9 cm³/mol. The minimum absolute atomic E-state index is 0.0231. The van der Waals surface area contributed by atoms with Gasteiger partial charge in [-0.2, -0.15) is 0 Å². The van der Waals surface area contributed by atoms with Crippen molar-refractivity contribution < 1.29 is 19.8 Å². The van der Waals surface area contributed by atoms with E-state index in [1.165, 1.54) is 11.1 Å². The lowest BCUT2D eigenvalue weighted by Gasteiger charge is -2.11. The minimum atomic E-state index is -1.17. The van der Waals surface area contributed by atoms with Gasteiger partial charge < -0.3 is 21.3 Å². The average molecular weight is 343 g/mol. The fourth-order valence-corrected chi connectivity index (χ4v) is 2.49. The van der Waals surface area contributed by atoms with Crippen molar-refractivity contribution >= 4 is 23.5 Å². The molecule has 1 aromatic rings. The van der Waals surface area contributed by atoms with Crippen molar-refractivity contribution in [1.29, 1.82) is 0 Å². The molecule has 1 aliphatic rings. The minimum Gasteiger partial charge on any atom is -0.481 e. The number of nitrogens with two attached hydrogens (primary N) is 1. The van der Waals surface area contributed by atoms with E-state index in [0.29, 0.717) is 5.92 Å². The van der Waals surface area contributed by atoms with Gasteiger partial charge in [-0.15, -0.1) is 0 Å². The van der Waals surface area contributed by atoms with Gasteiger partial charge in [-0.25, -0.2) is 0 Å². The lowest BCUT2D eigenvalue weighted by molar-refractivity contribution is -0.139. The van der Waals surface area contributed by atoms with Crippen LogP contribution in [-0.4, -0.2) is 41.3 Å². The maximum Gasteiger partial charge on any atom is 0.320 e. The lowest BCUT2D eigenvalue weighted by Crippen LogP contribution is -2.30. The number of halogens is 1. The van der Waals surface area contributed by atoms with Crippen LogP contribution < -0.4 is 11.1 Å². The Morgan fingerprint density at radius 3 is 2.74 bits per heavy atom. The Labute approximate surface area is 140 Å². The summed E-state index contributed by atoms with van der Waals surface area (Å²) in [5.41, 5.74) is 7.86. The van der Waals surface area contributed by atoms with Gasteiger partial charge in [-0.1, -0.05) is 24.6 Å². The average Bonchev–Trinajstić information content (AvgIpc) is 2.67. The van der Waals surface area contributed by atoms with Crippen LogP contribution in [-0.2, 0) is 16.0 Å². The molecule has 2 rings (SSSR count). The summed E-state index contributed by atoms with van der Waals surface area (Å²) in [4.78, 5) is 19.9. The highest BCUT2D eigenvalue weighted by molar-refractivity contribution is 6.30. The molecule has 1 aliphatic heterocycles. The first-order chi connectivity index (χ1) is 10.8. The Hall–Kier alpha value is -1.63. The van der Waals surface area contributed by atoms with E-state index in [4.69, 9.17) is 27.5 Å². The molecule has 0 bridgehead atoms. The molecule has 23 heavy (non-hydrogen) atoms. The summed E-state index contributed by atoms with van der Waals surface area (Å²) >= 11 is 5.97. The molecule has 0 saturated heterocycles. The number of hydrogen-bond donors (Lipinski definition) is 4. The summed E-state index contributed by atoms with van der Waals surface area (Å²) < 4.78 is 0. The largest absolute Gasteiger partial charge is 0.481 e. The predicted octanol–water partition coefficient (Wildman–Crippen LogP) is 1.85. The van der Waals surface area contributed by atoms with Gasteiger partial charge in [0.1, 0.15) is 6.04 Å². The highest BCUT2D eigenvalue weighted by Gasteiger charge is 2.14. The maximum atomic E-state index is 9.99. The zero-order valence-corrected chi connectivity index (χ0v) is 13.8. The van der Waals surface area contributed by atoms with Crippen LogP contribution in [0.5, 0.6) is 0 Å². The zero-order chi connectivity index (χ0) is 17.4. The van der Waals surface area contributed by atoms with Crippen molar-refractivity contribution in [3.8, 4) is 0 Å². The number of rotatable bonds is 4. The molecule has 1 aromatic carbocycles. The fraction of sp³-hybridized carbons (Fsp3) is 0.500. The molecular formula is C16H23ClN2O4. The third kappa shape index (κ3) is 6.99. The normalized spacial score (nSPS) is 18.0. The first-order valence-corrected chi connectivity index (χ1v) is 7.88. The molecule has 0 unspecified atom stereocenters. The van der Waals surface area contributed by atoms with Crippen molar-refractivity contribution in [1.82, 2.24) is 5.32 Å². The number of carbonyl (C=O) groups is 2. The van der Waals surface area contributed by atoms with E-state index >= 15 is 0 Å². The third-order valence-electron chi connectivity index (χ3n) is 3.65. The molecule has 0 spiro atoms. The quantitative estimate of drug-likeness (QED) is 0.664. The van der Waals surface area contributed by atoms with Crippen LogP contribution in [0.25, 0.3) is 0 Å². The van der Waals surface area contributed by atoms with Gasteiger partial charge in [-0.3, -0.25) is 9.59 Å². The van der Waals surface area contributed by atoms with Crippen molar-refractivity contribution in [2.24, 2.45) is 5.73 Å². The van der Waals surface area contributed by atoms with Gasteiger partial charge >= 0.3 is 11.9 Å². The molecule has 0 aromatic heterocycles. The number of nitrogens with one attached hydrogen (secondary N) is 1. The smallest absolute Gasteiger partial charge is 0.320 e. The van der Waals surface area contributed by atoms with Gasteiger partial charge in [0.2, 0.25) is 0 Å². The van der Waals surface area contributed by atoms with E-state index in [9.17, 15) is 9.59 Å². The SMILES string of the molecule is C[C@@H]1CNCCc2ccc(Cl)cc21.N[C@@H](CCC(=O)O)C(=O)O.